The van der Waals surface area contributed by atoms with Crippen molar-refractivity contribution in [3.63, 3.8) is 0 Å². The van der Waals surface area contributed by atoms with Gasteiger partial charge in [-0.2, -0.15) is 0 Å². The number of benzene rings is 2. The van der Waals surface area contributed by atoms with Crippen molar-refractivity contribution in [3.05, 3.63) is 59.7 Å². The van der Waals surface area contributed by atoms with Gasteiger partial charge in [-0.05, 0) is 18.1 Å². The van der Waals surface area contributed by atoms with Gasteiger partial charge >= 0.3 is 5.97 Å². The highest BCUT2D eigenvalue weighted by atomic mass is 16.5. The van der Waals surface area contributed by atoms with Crippen molar-refractivity contribution in [3.8, 4) is 5.75 Å². The Labute approximate surface area is 187 Å². The van der Waals surface area contributed by atoms with Crippen LogP contribution >= 0.6 is 0 Å². The Kier molecular flexibility index (Phi) is 7.48. The van der Waals surface area contributed by atoms with Crippen LogP contribution < -0.4 is 15.0 Å². The minimum Gasteiger partial charge on any atom is -0.496 e. The molecule has 2 aromatic carbocycles. The maximum absolute atomic E-state index is 13.5. The number of carbonyl (C=O) groups excluding carboxylic acids is 2. The van der Waals surface area contributed by atoms with E-state index in [9.17, 15) is 14.4 Å². The minimum absolute atomic E-state index is 0.177. The molecule has 0 radical (unpaired) electrons. The summed E-state index contributed by atoms with van der Waals surface area (Å²) < 4.78 is 11.8. The highest BCUT2D eigenvalue weighted by Crippen LogP contribution is 2.41. The first-order chi connectivity index (χ1) is 15.3. The maximum atomic E-state index is 13.5. The molecule has 2 atom stereocenters. The average molecular weight is 440 g/mol. The number of carboxylic acid groups (broad SMARTS) is 1. The summed E-state index contributed by atoms with van der Waals surface area (Å²) in [5, 5.41) is 11.1. The highest BCUT2D eigenvalue weighted by molar-refractivity contribution is 6.00. The third-order valence-electron chi connectivity index (χ3n) is 5.13. The highest BCUT2D eigenvalue weighted by Gasteiger charge is 2.38. The Balaban J connectivity index is 2.06. The molecule has 0 saturated heterocycles. The lowest BCUT2D eigenvalue weighted by molar-refractivity contribution is -0.140. The van der Waals surface area contributed by atoms with Crippen molar-refractivity contribution in [1.29, 1.82) is 0 Å². The predicted molar refractivity (Wildman–Crippen MR) is 119 cm³/mol. The quantitative estimate of drug-likeness (QED) is 0.654. The lowest BCUT2D eigenvalue weighted by Crippen LogP contribution is -2.44. The average Bonchev–Trinajstić information content (AvgIpc) is 2.88. The number of fused-ring (bicyclic) bond motifs is 1. The molecule has 0 spiro atoms. The molecule has 1 aliphatic heterocycles. The van der Waals surface area contributed by atoms with Gasteiger partial charge in [-0.3, -0.25) is 14.4 Å². The molecule has 2 amide bonds. The summed E-state index contributed by atoms with van der Waals surface area (Å²) >= 11 is 0. The molecule has 8 heteroatoms. The summed E-state index contributed by atoms with van der Waals surface area (Å²) in [6.45, 7) is 3.94. The van der Waals surface area contributed by atoms with Gasteiger partial charge in [0.1, 0.15) is 24.5 Å². The first-order valence-electron chi connectivity index (χ1n) is 10.5. The fraction of sp³-hybridized carbons (Fsp3) is 0.375. The summed E-state index contributed by atoms with van der Waals surface area (Å²) in [6.07, 6.45) is -2.04. The van der Waals surface area contributed by atoms with E-state index in [1.807, 2.05) is 62.4 Å². The normalized spacial score (nSPS) is 18.1. The number of para-hydroxylation sites is 2. The van der Waals surface area contributed by atoms with E-state index < -0.39 is 30.6 Å². The number of ether oxygens (including phenoxy) is 2. The van der Waals surface area contributed by atoms with Gasteiger partial charge < -0.3 is 24.8 Å². The van der Waals surface area contributed by atoms with E-state index in [-0.39, 0.29) is 18.2 Å². The van der Waals surface area contributed by atoms with Crippen LogP contribution in [0.5, 0.6) is 5.75 Å². The van der Waals surface area contributed by atoms with Crippen molar-refractivity contribution in [2.24, 2.45) is 5.92 Å². The van der Waals surface area contributed by atoms with Crippen LogP contribution in [0.15, 0.2) is 48.5 Å². The van der Waals surface area contributed by atoms with Crippen LogP contribution in [-0.4, -0.2) is 49.2 Å². The number of nitrogens with one attached hydrogen (secondary N) is 1. The molecule has 1 aliphatic rings. The second-order valence-electron chi connectivity index (χ2n) is 8.02. The zero-order valence-corrected chi connectivity index (χ0v) is 18.4. The number of carbonyl (C=O) groups is 3. The Bertz CT molecular complexity index is 990. The summed E-state index contributed by atoms with van der Waals surface area (Å²) in [7, 11) is 1.56. The Morgan fingerprint density at radius 2 is 1.78 bits per heavy atom. The Morgan fingerprint density at radius 1 is 1.12 bits per heavy atom. The number of nitrogens with zero attached hydrogens (tertiary/aromatic N) is 1. The van der Waals surface area contributed by atoms with E-state index in [0.29, 0.717) is 12.3 Å². The van der Waals surface area contributed by atoms with Crippen LogP contribution in [0.1, 0.15) is 37.5 Å². The predicted octanol–water partition coefficient (Wildman–Crippen LogP) is 2.76. The fourth-order valence-corrected chi connectivity index (χ4v) is 3.77. The van der Waals surface area contributed by atoms with Gasteiger partial charge in [0, 0.05) is 23.4 Å². The zero-order chi connectivity index (χ0) is 23.3. The van der Waals surface area contributed by atoms with E-state index in [1.54, 1.807) is 12.0 Å². The first-order valence-corrected chi connectivity index (χ1v) is 10.5. The number of methoxy groups -OCH3 is 1. The number of aliphatic carboxylic acids is 1. The molecule has 170 valence electrons. The van der Waals surface area contributed by atoms with Crippen molar-refractivity contribution in [1.82, 2.24) is 5.32 Å². The lowest BCUT2D eigenvalue weighted by atomic mass is 9.98. The summed E-state index contributed by atoms with van der Waals surface area (Å²) in [4.78, 5) is 38.4. The van der Waals surface area contributed by atoms with E-state index in [1.165, 1.54) is 0 Å². The molecule has 32 heavy (non-hydrogen) atoms. The summed E-state index contributed by atoms with van der Waals surface area (Å²) in [5.74, 6) is -1.29. The van der Waals surface area contributed by atoms with Gasteiger partial charge in [0.15, 0.2) is 0 Å². The largest absolute Gasteiger partial charge is 0.496 e. The maximum Gasteiger partial charge on any atom is 0.322 e. The fourth-order valence-electron chi connectivity index (χ4n) is 3.77. The van der Waals surface area contributed by atoms with E-state index in [0.717, 1.165) is 16.8 Å². The van der Waals surface area contributed by atoms with Crippen LogP contribution in [0, 0.1) is 5.92 Å². The first kappa shape index (κ1) is 23.3. The molecule has 8 nitrogen and oxygen atoms in total. The number of hydrogen-bond donors (Lipinski definition) is 2. The molecule has 2 N–H and O–H groups in total. The summed E-state index contributed by atoms with van der Waals surface area (Å²) in [6, 6.07) is 14.9. The van der Waals surface area contributed by atoms with Gasteiger partial charge in [0.25, 0.3) is 5.91 Å². The molecular formula is C24H28N2O6. The molecule has 0 aliphatic carbocycles. The number of carboxylic acids is 1. The monoisotopic (exact) mass is 440 g/mol. The van der Waals surface area contributed by atoms with Crippen molar-refractivity contribution in [2.75, 3.05) is 25.1 Å². The van der Waals surface area contributed by atoms with Crippen LogP contribution in [0.3, 0.4) is 0 Å². The van der Waals surface area contributed by atoms with Crippen LogP contribution in [-0.2, 0) is 19.1 Å². The molecule has 0 bridgehead atoms. The van der Waals surface area contributed by atoms with Crippen molar-refractivity contribution < 1.29 is 29.0 Å². The molecule has 3 rings (SSSR count). The standard InChI is InChI=1S/C24H28N2O6/c1-15(2)14-26-18-10-6-4-8-16(18)23(17-9-5-7-11-19(17)31-3)32-20(24(26)30)12-21(27)25-13-22(28)29/h4-11,15,20,23H,12-14H2,1-3H3,(H,25,27)(H,28,29)/t20-,23+/m0/s1. The second-order valence-corrected chi connectivity index (χ2v) is 8.02. The molecule has 0 unspecified atom stereocenters. The Morgan fingerprint density at radius 3 is 2.44 bits per heavy atom. The SMILES string of the molecule is COc1ccccc1[C@@H]1O[C@@H](CC(=O)NCC(=O)O)C(=O)N(CC(C)C)c2ccccc21. The zero-order valence-electron chi connectivity index (χ0n) is 18.4. The smallest absolute Gasteiger partial charge is 0.322 e. The topological polar surface area (TPSA) is 105 Å². The molecule has 2 aromatic rings. The van der Waals surface area contributed by atoms with E-state index in [2.05, 4.69) is 5.32 Å². The van der Waals surface area contributed by atoms with Crippen LogP contribution in [0.2, 0.25) is 0 Å². The van der Waals surface area contributed by atoms with Gasteiger partial charge in [-0.15, -0.1) is 0 Å². The number of hydrogen-bond acceptors (Lipinski definition) is 5. The van der Waals surface area contributed by atoms with Gasteiger partial charge in [-0.25, -0.2) is 0 Å². The van der Waals surface area contributed by atoms with Gasteiger partial charge in [-0.1, -0.05) is 50.2 Å². The van der Waals surface area contributed by atoms with Crippen LogP contribution in [0.4, 0.5) is 5.69 Å². The molecule has 0 fully saturated rings. The molecular weight excluding hydrogens is 412 g/mol. The number of anilines is 1. The minimum atomic E-state index is -1.16. The second kappa shape index (κ2) is 10.3. The molecule has 0 saturated carbocycles. The van der Waals surface area contributed by atoms with Gasteiger partial charge in [0.2, 0.25) is 5.91 Å². The van der Waals surface area contributed by atoms with Crippen LogP contribution in [0.25, 0.3) is 0 Å². The lowest BCUT2D eigenvalue weighted by Gasteiger charge is -2.26. The summed E-state index contributed by atoms with van der Waals surface area (Å²) in [5.41, 5.74) is 2.24. The van der Waals surface area contributed by atoms with Crippen molar-refractivity contribution >= 4 is 23.5 Å². The van der Waals surface area contributed by atoms with Crippen molar-refractivity contribution in [2.45, 2.75) is 32.5 Å². The van der Waals surface area contributed by atoms with Gasteiger partial charge in [0.05, 0.1) is 13.5 Å². The number of amides is 2. The third kappa shape index (κ3) is 5.26. The Hall–Kier alpha value is -3.39. The molecule has 0 aromatic heterocycles. The molecule has 1 heterocycles. The van der Waals surface area contributed by atoms with E-state index >= 15 is 0 Å². The van der Waals surface area contributed by atoms with E-state index in [4.69, 9.17) is 14.6 Å². The third-order valence-corrected chi connectivity index (χ3v) is 5.13. The number of rotatable bonds is 8.